The Morgan fingerprint density at radius 1 is 1.40 bits per heavy atom. The first-order valence-corrected chi connectivity index (χ1v) is 5.15. The van der Waals surface area contributed by atoms with E-state index in [1.807, 2.05) is 4.90 Å². The number of Topliss-reactive ketones (excluding diaryl/α,β-unsaturated/α-hetero) is 1. The number of nitrogens with zero attached hydrogens (tertiary/aromatic N) is 1. The Kier molecular flexibility index (Phi) is 3.13. The van der Waals surface area contributed by atoms with Gasteiger partial charge in [-0.2, -0.15) is 0 Å². The predicted octanol–water partition coefficient (Wildman–Crippen LogP) is 1.12. The summed E-state index contributed by atoms with van der Waals surface area (Å²) < 4.78 is 10.2. The van der Waals surface area contributed by atoms with E-state index in [4.69, 9.17) is 21.4 Å². The Morgan fingerprint density at radius 2 is 2.13 bits per heavy atom. The summed E-state index contributed by atoms with van der Waals surface area (Å²) in [6, 6.07) is 3.30. The van der Waals surface area contributed by atoms with Gasteiger partial charge >= 0.3 is 0 Å². The van der Waals surface area contributed by atoms with Crippen LogP contribution in [0.4, 0.5) is 0 Å². The molecule has 0 bridgehead atoms. The molecule has 0 radical (unpaired) electrons. The van der Waals surface area contributed by atoms with Crippen molar-refractivity contribution in [2.24, 2.45) is 0 Å². The number of ketones is 1. The maximum atomic E-state index is 11.8. The van der Waals surface area contributed by atoms with Gasteiger partial charge in [0.2, 0.25) is 0 Å². The molecule has 1 aliphatic heterocycles. The molecule has 1 aromatic rings. The second-order valence-electron chi connectivity index (χ2n) is 3.21. The third kappa shape index (κ3) is 2.24. The van der Waals surface area contributed by atoms with Crippen molar-refractivity contribution in [2.75, 3.05) is 26.3 Å². The van der Waals surface area contributed by atoms with Gasteiger partial charge in [-0.25, -0.2) is 0 Å². The number of rotatable bonds is 2. The maximum absolute atomic E-state index is 11.8. The smallest absolute Gasteiger partial charge is 0.255 e. The molecule has 80 valence electrons. The first-order chi connectivity index (χ1) is 7.29. The number of hydrogen-bond donors (Lipinski definition) is 0. The molecule has 0 saturated carbocycles. The molecule has 0 aromatic carbocycles. The van der Waals surface area contributed by atoms with Crippen molar-refractivity contribution >= 4 is 23.0 Å². The molecule has 1 aromatic heterocycles. The molecule has 0 unspecified atom stereocenters. The lowest BCUT2D eigenvalue weighted by molar-refractivity contribution is 0.0668. The fourth-order valence-electron chi connectivity index (χ4n) is 1.42. The number of hydrogen-bond acceptors (Lipinski definition) is 4. The Bertz CT molecular complexity index is 355. The minimum absolute atomic E-state index is 0.225. The van der Waals surface area contributed by atoms with Crippen LogP contribution in [0.1, 0.15) is 10.6 Å². The van der Waals surface area contributed by atoms with E-state index in [0.29, 0.717) is 37.1 Å². The van der Waals surface area contributed by atoms with Gasteiger partial charge < -0.3 is 14.1 Å². The van der Waals surface area contributed by atoms with E-state index in [1.54, 1.807) is 12.1 Å². The lowest BCUT2D eigenvalue weighted by Crippen LogP contribution is -2.43. The first kappa shape index (κ1) is 10.3. The van der Waals surface area contributed by atoms with E-state index in [1.165, 1.54) is 6.26 Å². The van der Waals surface area contributed by atoms with Crippen LogP contribution in [0.3, 0.4) is 0 Å². The van der Waals surface area contributed by atoms with E-state index < -0.39 is 0 Å². The SMILES string of the molecule is O=C(C(=S)N1CCOCC1)c1ccco1. The number of ether oxygens (including phenoxy) is 1. The van der Waals surface area contributed by atoms with Crippen LogP contribution in [-0.2, 0) is 4.74 Å². The van der Waals surface area contributed by atoms with Crippen LogP contribution >= 0.6 is 12.2 Å². The molecule has 0 aliphatic carbocycles. The molecule has 4 nitrogen and oxygen atoms in total. The Hall–Kier alpha value is -1.20. The summed E-state index contributed by atoms with van der Waals surface area (Å²) in [6.07, 6.45) is 1.47. The lowest BCUT2D eigenvalue weighted by Gasteiger charge is -2.27. The van der Waals surface area contributed by atoms with E-state index in [0.717, 1.165) is 0 Å². The third-order valence-corrected chi connectivity index (χ3v) is 2.68. The Morgan fingerprint density at radius 3 is 2.73 bits per heavy atom. The summed E-state index contributed by atoms with van der Waals surface area (Å²) in [4.78, 5) is 14.0. The highest BCUT2D eigenvalue weighted by atomic mass is 32.1. The lowest BCUT2D eigenvalue weighted by atomic mass is 10.2. The van der Waals surface area contributed by atoms with E-state index in [2.05, 4.69) is 0 Å². The Balaban J connectivity index is 2.04. The van der Waals surface area contributed by atoms with Crippen molar-refractivity contribution in [2.45, 2.75) is 0 Å². The molecule has 2 rings (SSSR count). The standard InChI is InChI=1S/C10H11NO3S/c12-9(8-2-1-5-14-8)10(15)11-3-6-13-7-4-11/h1-2,5H,3-4,6-7H2. The van der Waals surface area contributed by atoms with Gasteiger partial charge in [-0.05, 0) is 12.1 Å². The van der Waals surface area contributed by atoms with Gasteiger partial charge in [-0.15, -0.1) is 0 Å². The molecule has 15 heavy (non-hydrogen) atoms. The van der Waals surface area contributed by atoms with Gasteiger partial charge in [0, 0.05) is 13.1 Å². The van der Waals surface area contributed by atoms with Gasteiger partial charge in [0.1, 0.15) is 0 Å². The summed E-state index contributed by atoms with van der Waals surface area (Å²) in [5, 5.41) is 0. The number of furan rings is 1. The quantitative estimate of drug-likeness (QED) is 0.557. The van der Waals surface area contributed by atoms with Crippen LogP contribution in [-0.4, -0.2) is 42.0 Å². The van der Waals surface area contributed by atoms with E-state index >= 15 is 0 Å². The molecule has 1 fully saturated rings. The number of thiocarbonyl (C=S) groups is 1. The fourth-order valence-corrected chi connectivity index (χ4v) is 1.71. The van der Waals surface area contributed by atoms with Crippen LogP contribution in [0.25, 0.3) is 0 Å². The highest BCUT2D eigenvalue weighted by molar-refractivity contribution is 7.82. The van der Waals surface area contributed by atoms with Gasteiger partial charge in [-0.3, -0.25) is 4.79 Å². The van der Waals surface area contributed by atoms with Crippen molar-refractivity contribution in [3.63, 3.8) is 0 Å². The number of carbonyl (C=O) groups excluding carboxylic acids is 1. The predicted molar refractivity (Wildman–Crippen MR) is 58.0 cm³/mol. The zero-order valence-corrected chi connectivity index (χ0v) is 8.96. The second-order valence-corrected chi connectivity index (χ2v) is 3.60. The van der Waals surface area contributed by atoms with Gasteiger partial charge in [0.15, 0.2) is 10.7 Å². The average Bonchev–Trinajstić information content (AvgIpc) is 2.82. The molecule has 0 amide bonds. The van der Waals surface area contributed by atoms with Gasteiger partial charge in [0.25, 0.3) is 5.78 Å². The van der Waals surface area contributed by atoms with Crippen molar-refractivity contribution in [3.05, 3.63) is 24.2 Å². The van der Waals surface area contributed by atoms with Crippen molar-refractivity contribution in [1.29, 1.82) is 0 Å². The highest BCUT2D eigenvalue weighted by Crippen LogP contribution is 2.07. The summed E-state index contributed by atoms with van der Waals surface area (Å²) in [5.41, 5.74) is 0. The number of carbonyl (C=O) groups is 1. The molecular formula is C10H11NO3S. The fraction of sp³-hybridized carbons (Fsp3) is 0.400. The topological polar surface area (TPSA) is 42.7 Å². The van der Waals surface area contributed by atoms with Crippen LogP contribution in [0.15, 0.2) is 22.8 Å². The van der Waals surface area contributed by atoms with Crippen LogP contribution < -0.4 is 0 Å². The zero-order chi connectivity index (χ0) is 10.7. The van der Waals surface area contributed by atoms with Gasteiger partial charge in [0.05, 0.1) is 19.5 Å². The molecule has 1 saturated heterocycles. The molecule has 5 heteroatoms. The highest BCUT2D eigenvalue weighted by Gasteiger charge is 2.22. The van der Waals surface area contributed by atoms with Crippen molar-refractivity contribution < 1.29 is 13.9 Å². The largest absolute Gasteiger partial charge is 0.461 e. The summed E-state index contributed by atoms with van der Waals surface area (Å²) in [7, 11) is 0. The van der Waals surface area contributed by atoms with E-state index in [-0.39, 0.29) is 5.78 Å². The maximum Gasteiger partial charge on any atom is 0.255 e. The van der Waals surface area contributed by atoms with Crippen LogP contribution in [0.2, 0.25) is 0 Å². The van der Waals surface area contributed by atoms with E-state index in [9.17, 15) is 4.79 Å². The zero-order valence-electron chi connectivity index (χ0n) is 8.14. The molecule has 0 atom stereocenters. The Labute approximate surface area is 92.8 Å². The molecule has 0 N–H and O–H groups in total. The normalized spacial score (nSPS) is 16.4. The summed E-state index contributed by atoms with van der Waals surface area (Å²) >= 11 is 5.11. The summed E-state index contributed by atoms with van der Waals surface area (Å²) in [5.74, 6) is 0.0726. The minimum atomic E-state index is -0.225. The molecule has 2 heterocycles. The number of morpholine rings is 1. The first-order valence-electron chi connectivity index (χ1n) is 4.74. The average molecular weight is 225 g/mol. The molecule has 1 aliphatic rings. The summed E-state index contributed by atoms with van der Waals surface area (Å²) in [6.45, 7) is 2.58. The van der Waals surface area contributed by atoms with Gasteiger partial charge in [-0.1, -0.05) is 12.2 Å². The monoisotopic (exact) mass is 225 g/mol. The van der Waals surface area contributed by atoms with Crippen molar-refractivity contribution in [3.8, 4) is 0 Å². The second kappa shape index (κ2) is 4.55. The molecule has 0 spiro atoms. The van der Waals surface area contributed by atoms with Crippen LogP contribution in [0.5, 0.6) is 0 Å². The molecular weight excluding hydrogens is 214 g/mol. The third-order valence-electron chi connectivity index (χ3n) is 2.24. The minimum Gasteiger partial charge on any atom is -0.461 e. The van der Waals surface area contributed by atoms with Crippen LogP contribution in [0, 0.1) is 0 Å². The van der Waals surface area contributed by atoms with Crippen molar-refractivity contribution in [1.82, 2.24) is 4.90 Å².